The summed E-state index contributed by atoms with van der Waals surface area (Å²) in [5, 5.41) is 40.7. The van der Waals surface area contributed by atoms with Crippen molar-refractivity contribution >= 4 is 74.6 Å². The summed E-state index contributed by atoms with van der Waals surface area (Å²) >= 11 is 5.19. The minimum absolute atomic E-state index is 0.0392. The molecule has 3 aliphatic carbocycles. The van der Waals surface area contributed by atoms with Crippen LogP contribution in [0.5, 0.6) is 0 Å². The number of aliphatic hydroxyl groups excluding tert-OH is 2. The number of halogens is 1. The Hall–Kier alpha value is -4.90. The molecule has 1 amide bonds. The quantitative estimate of drug-likeness (QED) is 0.0365. The van der Waals surface area contributed by atoms with E-state index in [0.717, 1.165) is 6.92 Å². The number of Topliss-reactive ketones (excluding diaryl/α,β-unsaturated/α-hetero) is 1. The Labute approximate surface area is 423 Å². The topological polar surface area (TPSA) is 266 Å². The van der Waals surface area contributed by atoms with Gasteiger partial charge in [0.1, 0.15) is 54.9 Å². The number of ether oxygens (including phenoxy) is 8. The van der Waals surface area contributed by atoms with Crippen molar-refractivity contribution in [3.8, 4) is 0 Å². The number of benzene rings is 2. The van der Waals surface area contributed by atoms with Gasteiger partial charge in [0.05, 0.1) is 29.6 Å². The van der Waals surface area contributed by atoms with Crippen molar-refractivity contribution in [2.24, 2.45) is 16.7 Å². The Kier molecular flexibility index (Phi) is 17.2. The second kappa shape index (κ2) is 22.1. The van der Waals surface area contributed by atoms with Crippen molar-refractivity contribution in [2.45, 2.75) is 128 Å². The van der Waals surface area contributed by atoms with Crippen LogP contribution in [0.3, 0.4) is 0 Å². The van der Waals surface area contributed by atoms with E-state index in [1.807, 2.05) is 0 Å². The van der Waals surface area contributed by atoms with Crippen molar-refractivity contribution in [1.29, 1.82) is 0 Å². The Morgan fingerprint density at radius 3 is 2.08 bits per heavy atom. The lowest BCUT2D eigenvalue weighted by atomic mass is 9.44. The molecule has 388 valence electrons. The summed E-state index contributed by atoms with van der Waals surface area (Å²) in [6.45, 7) is 11.3. The summed E-state index contributed by atoms with van der Waals surface area (Å²) in [5.74, 6) is -5.02. The second-order valence-corrected chi connectivity index (χ2v) is 22.5. The first-order valence-electron chi connectivity index (χ1n) is 22.8. The molecule has 4 aliphatic rings. The van der Waals surface area contributed by atoms with E-state index in [0.29, 0.717) is 5.75 Å². The highest BCUT2D eigenvalue weighted by Gasteiger charge is 2.78. The Balaban J connectivity index is 1.44. The number of aliphatic hydroxyl groups is 3. The molecule has 4 N–H and O–H groups in total. The molecule has 22 heteroatoms. The standard InChI is InChI=1S/C49H60ClNO18S2/c1-26-30(65-41(57)36(66-44(60)63-20-22-71-70-21-19-62-42(50)58)34(28-15-11-9-12-16-28)51-43(59)69-45(3,4)5)24-49(61)39(67-40(56)29-17-13-10-14-18-29)37-47(8,38(55)35(54)33(26)46(49,6)7)31(53)23-32-48(37,25-64-32)68-27(2)52/h9-18,30-32,34-37,39,53-54,61H,19-25H2,1-8H3,(H,51,59)/t30-,31-,32+,34-,35+,36+,37-,39-,47+,48-,49+/m0/s1. The molecule has 0 spiro atoms. The van der Waals surface area contributed by atoms with Crippen molar-refractivity contribution in [2.75, 3.05) is 31.3 Å². The van der Waals surface area contributed by atoms with Crippen LogP contribution >= 0.6 is 33.2 Å². The van der Waals surface area contributed by atoms with Gasteiger partial charge in [0, 0.05) is 48.3 Å². The van der Waals surface area contributed by atoms with Gasteiger partial charge in [-0.1, -0.05) is 84.0 Å². The molecule has 1 aliphatic heterocycles. The molecule has 0 radical (unpaired) electrons. The van der Waals surface area contributed by atoms with E-state index < -0.39 is 124 Å². The maximum absolute atomic E-state index is 15.2. The van der Waals surface area contributed by atoms with Gasteiger partial charge < -0.3 is 58.5 Å². The number of rotatable bonds is 16. The number of amides is 1. The van der Waals surface area contributed by atoms with Crippen LogP contribution in [0.15, 0.2) is 71.8 Å². The average Bonchev–Trinajstić information content (AvgIpc) is 3.29. The fourth-order valence-corrected chi connectivity index (χ4v) is 12.0. The van der Waals surface area contributed by atoms with Gasteiger partial charge >= 0.3 is 35.6 Å². The zero-order valence-corrected chi connectivity index (χ0v) is 42.9. The molecular formula is C49H60ClNO18S2. The summed E-state index contributed by atoms with van der Waals surface area (Å²) in [6, 6.07) is 14.2. The molecule has 1 saturated heterocycles. The molecule has 2 aromatic rings. The van der Waals surface area contributed by atoms with Crippen LogP contribution in [0.1, 0.15) is 90.2 Å². The summed E-state index contributed by atoms with van der Waals surface area (Å²) in [7, 11) is 2.58. The number of nitrogens with one attached hydrogen (secondary N) is 1. The first-order chi connectivity index (χ1) is 33.3. The Morgan fingerprint density at radius 2 is 1.52 bits per heavy atom. The second-order valence-electron chi connectivity index (χ2n) is 19.5. The molecule has 2 aromatic carbocycles. The minimum Gasteiger partial charge on any atom is -0.455 e. The van der Waals surface area contributed by atoms with E-state index >= 15 is 9.59 Å². The van der Waals surface area contributed by atoms with E-state index in [-0.39, 0.29) is 54.3 Å². The van der Waals surface area contributed by atoms with E-state index in [4.69, 9.17) is 44.8 Å². The van der Waals surface area contributed by atoms with Crippen molar-refractivity contribution < 1.29 is 86.8 Å². The first kappa shape index (κ1) is 55.4. The third-order valence-electron chi connectivity index (χ3n) is 13.6. The molecule has 19 nitrogen and oxygen atoms in total. The molecule has 6 rings (SSSR count). The maximum Gasteiger partial charge on any atom is 0.509 e. The molecule has 1 heterocycles. The molecule has 0 aromatic heterocycles. The van der Waals surface area contributed by atoms with Gasteiger partial charge in [0.15, 0.2) is 11.4 Å². The van der Waals surface area contributed by atoms with Crippen LogP contribution in [0.25, 0.3) is 0 Å². The number of carbonyl (C=O) groups is 7. The fraction of sp³-hybridized carbons (Fsp3) is 0.571. The normalized spacial score (nSPS) is 29.4. The number of fused-ring (bicyclic) bond motifs is 5. The SMILES string of the molecule is CC(=O)O[C@@]12CO[C@@H]1C[C@H](O)[C@@]1(C)C(=O)[C@H](O)C3=C(C)[C@@H](OC(=O)[C@H](OC(=O)OCCSSCCOC(=O)Cl)[C@@H](NC(=O)OC(C)(C)C)c4ccccc4)C[C@@](O)([C@@H](OC(=O)c4ccccc4)[C@H]21)C3(C)C. The zero-order valence-electron chi connectivity index (χ0n) is 40.5. The van der Waals surface area contributed by atoms with Gasteiger partial charge in [0.2, 0.25) is 6.10 Å². The number of ketones is 1. The molecule has 2 bridgehead atoms. The Morgan fingerprint density at radius 1 is 0.915 bits per heavy atom. The molecule has 71 heavy (non-hydrogen) atoms. The van der Waals surface area contributed by atoms with Crippen LogP contribution in [0.4, 0.5) is 14.4 Å². The smallest absolute Gasteiger partial charge is 0.455 e. The van der Waals surface area contributed by atoms with Gasteiger partial charge in [-0.3, -0.25) is 9.59 Å². The van der Waals surface area contributed by atoms with Gasteiger partial charge in [-0.2, -0.15) is 0 Å². The third kappa shape index (κ3) is 11.5. The van der Waals surface area contributed by atoms with E-state index in [2.05, 4.69) is 10.1 Å². The highest BCUT2D eigenvalue weighted by molar-refractivity contribution is 8.76. The number of hydrogen-bond donors (Lipinski definition) is 4. The summed E-state index contributed by atoms with van der Waals surface area (Å²) in [5.41, 5.74) is -9.79. The molecule has 0 unspecified atom stereocenters. The largest absolute Gasteiger partial charge is 0.509 e. The van der Waals surface area contributed by atoms with Gasteiger partial charge in [-0.25, -0.2) is 24.0 Å². The van der Waals surface area contributed by atoms with Crippen LogP contribution in [-0.2, 0) is 52.3 Å². The predicted octanol–water partition coefficient (Wildman–Crippen LogP) is 6.18. The summed E-state index contributed by atoms with van der Waals surface area (Å²) in [6.07, 6.45) is -13.5. The van der Waals surface area contributed by atoms with Crippen LogP contribution < -0.4 is 5.32 Å². The van der Waals surface area contributed by atoms with Crippen molar-refractivity contribution in [3.63, 3.8) is 0 Å². The third-order valence-corrected chi connectivity index (χ3v) is 16.1. The van der Waals surface area contributed by atoms with Gasteiger partial charge in [0.25, 0.3) is 0 Å². The monoisotopic (exact) mass is 1050 g/mol. The average molecular weight is 1050 g/mol. The van der Waals surface area contributed by atoms with Crippen molar-refractivity contribution in [1.82, 2.24) is 5.32 Å². The number of carbonyl (C=O) groups excluding carboxylic acids is 7. The van der Waals surface area contributed by atoms with Crippen LogP contribution in [0, 0.1) is 16.7 Å². The highest BCUT2D eigenvalue weighted by atomic mass is 35.5. The van der Waals surface area contributed by atoms with Gasteiger partial charge in [-0.05, 0) is 63.5 Å². The molecular weight excluding hydrogens is 990 g/mol. The minimum atomic E-state index is -2.46. The fourth-order valence-electron chi connectivity index (χ4n) is 10.2. The van der Waals surface area contributed by atoms with Gasteiger partial charge in [-0.15, -0.1) is 0 Å². The molecule has 3 fully saturated rings. The summed E-state index contributed by atoms with van der Waals surface area (Å²) < 4.78 is 45.8. The zero-order chi connectivity index (χ0) is 52.3. The maximum atomic E-state index is 15.2. The highest BCUT2D eigenvalue weighted by Crippen LogP contribution is 2.64. The lowest BCUT2D eigenvalue weighted by molar-refractivity contribution is -0.346. The van der Waals surface area contributed by atoms with Crippen LogP contribution in [-0.4, -0.2) is 141 Å². The molecule has 2 saturated carbocycles. The number of esters is 3. The van der Waals surface area contributed by atoms with Crippen molar-refractivity contribution in [3.05, 3.63) is 82.9 Å². The number of alkyl carbamates (subject to hydrolysis) is 1. The number of hydrogen-bond acceptors (Lipinski definition) is 20. The van der Waals surface area contributed by atoms with Crippen LogP contribution in [0.2, 0.25) is 0 Å². The van der Waals surface area contributed by atoms with E-state index in [1.54, 1.807) is 69.3 Å². The predicted molar refractivity (Wildman–Crippen MR) is 256 cm³/mol. The van der Waals surface area contributed by atoms with E-state index in [1.165, 1.54) is 61.4 Å². The summed E-state index contributed by atoms with van der Waals surface area (Å²) in [4.78, 5) is 95.4. The lowest BCUT2D eigenvalue weighted by Gasteiger charge is -2.67. The first-order valence-corrected chi connectivity index (χ1v) is 25.7. The Bertz CT molecular complexity index is 2360. The van der Waals surface area contributed by atoms with E-state index in [9.17, 15) is 39.3 Å². The lowest BCUT2D eigenvalue weighted by Crippen LogP contribution is -2.81. The molecule has 11 atom stereocenters.